The number of benzene rings is 2. The molecule has 0 bridgehead atoms. The standard InChI is InChI=1S/C18H15NO3/c1-2-11-8-9-14-13(10-11)15(18(21)22)16(19-14)17(20)12-6-4-3-5-7-12/h3-10,19H,2H2,1H3,(H,21,22). The van der Waals surface area contributed by atoms with E-state index in [2.05, 4.69) is 4.98 Å². The molecule has 0 aliphatic rings. The molecular weight excluding hydrogens is 278 g/mol. The minimum Gasteiger partial charge on any atom is -0.478 e. The third-order valence-corrected chi connectivity index (χ3v) is 3.75. The van der Waals surface area contributed by atoms with Crippen molar-refractivity contribution in [2.24, 2.45) is 0 Å². The molecule has 0 amide bonds. The molecule has 0 saturated heterocycles. The number of hydrogen-bond donors (Lipinski definition) is 2. The molecule has 3 aromatic rings. The van der Waals surface area contributed by atoms with Crippen molar-refractivity contribution in [1.82, 2.24) is 4.98 Å². The molecule has 4 nitrogen and oxygen atoms in total. The number of carboxylic acid groups (broad SMARTS) is 1. The van der Waals surface area contributed by atoms with E-state index in [9.17, 15) is 14.7 Å². The second-order valence-corrected chi connectivity index (χ2v) is 5.11. The molecule has 0 aliphatic heterocycles. The minimum absolute atomic E-state index is 0.0409. The molecule has 0 spiro atoms. The summed E-state index contributed by atoms with van der Waals surface area (Å²) < 4.78 is 0. The van der Waals surface area contributed by atoms with Gasteiger partial charge in [-0.25, -0.2) is 4.79 Å². The smallest absolute Gasteiger partial charge is 0.338 e. The van der Waals surface area contributed by atoms with Gasteiger partial charge in [0.2, 0.25) is 5.78 Å². The maximum absolute atomic E-state index is 12.6. The van der Waals surface area contributed by atoms with Crippen molar-refractivity contribution in [3.05, 3.63) is 70.9 Å². The van der Waals surface area contributed by atoms with E-state index in [0.29, 0.717) is 16.5 Å². The maximum atomic E-state index is 12.6. The van der Waals surface area contributed by atoms with Crippen LogP contribution in [0.5, 0.6) is 0 Å². The summed E-state index contributed by atoms with van der Waals surface area (Å²) >= 11 is 0. The summed E-state index contributed by atoms with van der Waals surface area (Å²) in [5, 5.41) is 10.1. The maximum Gasteiger partial charge on any atom is 0.338 e. The topological polar surface area (TPSA) is 70.2 Å². The van der Waals surface area contributed by atoms with Gasteiger partial charge in [-0.1, -0.05) is 43.3 Å². The van der Waals surface area contributed by atoms with Gasteiger partial charge < -0.3 is 10.1 Å². The van der Waals surface area contributed by atoms with Crippen molar-refractivity contribution in [2.45, 2.75) is 13.3 Å². The quantitative estimate of drug-likeness (QED) is 0.721. The highest BCUT2D eigenvalue weighted by Gasteiger charge is 2.23. The van der Waals surface area contributed by atoms with Gasteiger partial charge in [0.25, 0.3) is 0 Å². The summed E-state index contributed by atoms with van der Waals surface area (Å²) in [6.07, 6.45) is 0.808. The lowest BCUT2D eigenvalue weighted by Crippen LogP contribution is -2.08. The van der Waals surface area contributed by atoms with Crippen LogP contribution in [0.15, 0.2) is 48.5 Å². The van der Waals surface area contributed by atoms with Gasteiger partial charge in [0.1, 0.15) is 5.69 Å². The van der Waals surface area contributed by atoms with E-state index >= 15 is 0 Å². The van der Waals surface area contributed by atoms with Crippen molar-refractivity contribution >= 4 is 22.7 Å². The average molecular weight is 293 g/mol. The van der Waals surface area contributed by atoms with Gasteiger partial charge in [0, 0.05) is 16.5 Å². The van der Waals surface area contributed by atoms with Crippen LogP contribution >= 0.6 is 0 Å². The Morgan fingerprint density at radius 2 is 1.82 bits per heavy atom. The molecule has 0 aliphatic carbocycles. The zero-order valence-electron chi connectivity index (χ0n) is 12.1. The van der Waals surface area contributed by atoms with Crippen LogP contribution in [-0.4, -0.2) is 21.8 Å². The summed E-state index contributed by atoms with van der Waals surface area (Å²) in [6, 6.07) is 14.3. The van der Waals surface area contributed by atoms with Crippen LogP contribution < -0.4 is 0 Å². The summed E-state index contributed by atoms with van der Waals surface area (Å²) in [6.45, 7) is 2.00. The van der Waals surface area contributed by atoms with Crippen LogP contribution in [0, 0.1) is 0 Å². The fourth-order valence-electron chi connectivity index (χ4n) is 2.59. The first-order valence-corrected chi connectivity index (χ1v) is 7.09. The Morgan fingerprint density at radius 3 is 2.45 bits per heavy atom. The molecule has 0 saturated carbocycles. The molecule has 0 atom stereocenters. The number of carboxylic acids is 1. The third kappa shape index (κ3) is 2.29. The number of rotatable bonds is 4. The van der Waals surface area contributed by atoms with E-state index in [1.165, 1.54) is 0 Å². The first-order chi connectivity index (χ1) is 10.6. The van der Waals surface area contributed by atoms with Crippen molar-refractivity contribution in [1.29, 1.82) is 0 Å². The number of aromatic carboxylic acids is 1. The van der Waals surface area contributed by atoms with Crippen LogP contribution in [0.3, 0.4) is 0 Å². The van der Waals surface area contributed by atoms with Gasteiger partial charge in [-0.05, 0) is 24.1 Å². The Bertz CT molecular complexity index is 863. The number of H-pyrrole nitrogens is 1. The summed E-state index contributed by atoms with van der Waals surface area (Å²) in [5.41, 5.74) is 2.33. The lowest BCUT2D eigenvalue weighted by Gasteiger charge is -2.01. The number of carbonyl (C=O) groups excluding carboxylic acids is 1. The van der Waals surface area contributed by atoms with Crippen LogP contribution in [0.2, 0.25) is 0 Å². The molecule has 0 unspecified atom stereocenters. The van der Waals surface area contributed by atoms with Gasteiger partial charge in [-0.3, -0.25) is 4.79 Å². The van der Waals surface area contributed by atoms with E-state index in [1.54, 1.807) is 24.3 Å². The molecule has 0 radical (unpaired) electrons. The molecule has 1 aromatic heterocycles. The monoisotopic (exact) mass is 293 g/mol. The molecule has 2 aromatic carbocycles. The highest BCUT2D eigenvalue weighted by molar-refractivity contribution is 6.18. The third-order valence-electron chi connectivity index (χ3n) is 3.75. The van der Waals surface area contributed by atoms with E-state index in [0.717, 1.165) is 12.0 Å². The van der Waals surface area contributed by atoms with E-state index in [-0.39, 0.29) is 17.0 Å². The number of ketones is 1. The molecule has 22 heavy (non-hydrogen) atoms. The summed E-state index contributed by atoms with van der Waals surface area (Å²) in [4.78, 5) is 27.2. The predicted octanol–water partition coefficient (Wildman–Crippen LogP) is 3.66. The second-order valence-electron chi connectivity index (χ2n) is 5.11. The number of fused-ring (bicyclic) bond motifs is 1. The molecule has 4 heteroatoms. The summed E-state index contributed by atoms with van der Waals surface area (Å²) in [5.74, 6) is -1.41. The number of aromatic nitrogens is 1. The Balaban J connectivity index is 2.23. The largest absolute Gasteiger partial charge is 0.478 e. The Labute approximate surface area is 127 Å². The van der Waals surface area contributed by atoms with Gasteiger partial charge >= 0.3 is 5.97 Å². The summed E-state index contributed by atoms with van der Waals surface area (Å²) in [7, 11) is 0. The van der Waals surface area contributed by atoms with E-state index in [4.69, 9.17) is 0 Å². The lowest BCUT2D eigenvalue weighted by atomic mass is 10.0. The lowest BCUT2D eigenvalue weighted by molar-refractivity contribution is 0.0695. The average Bonchev–Trinajstić information content (AvgIpc) is 2.93. The number of aromatic amines is 1. The fraction of sp³-hybridized carbons (Fsp3) is 0.111. The highest BCUT2D eigenvalue weighted by atomic mass is 16.4. The van der Waals surface area contributed by atoms with Crippen LogP contribution in [-0.2, 0) is 6.42 Å². The van der Waals surface area contributed by atoms with Crippen molar-refractivity contribution in [2.75, 3.05) is 0 Å². The van der Waals surface area contributed by atoms with Crippen LogP contribution in [0.1, 0.15) is 38.9 Å². The number of aryl methyl sites for hydroxylation is 1. The fourth-order valence-corrected chi connectivity index (χ4v) is 2.59. The van der Waals surface area contributed by atoms with Crippen molar-refractivity contribution in [3.63, 3.8) is 0 Å². The van der Waals surface area contributed by atoms with Crippen LogP contribution in [0.4, 0.5) is 0 Å². The predicted molar refractivity (Wildman–Crippen MR) is 84.5 cm³/mol. The van der Waals surface area contributed by atoms with Gasteiger partial charge in [-0.2, -0.15) is 0 Å². The molecule has 2 N–H and O–H groups in total. The molecule has 1 heterocycles. The zero-order chi connectivity index (χ0) is 15.7. The van der Waals surface area contributed by atoms with Gasteiger partial charge in [0.05, 0.1) is 5.56 Å². The molecule has 110 valence electrons. The molecule has 3 rings (SSSR count). The van der Waals surface area contributed by atoms with Crippen molar-refractivity contribution < 1.29 is 14.7 Å². The minimum atomic E-state index is -1.10. The highest BCUT2D eigenvalue weighted by Crippen LogP contribution is 2.26. The Morgan fingerprint density at radius 1 is 1.09 bits per heavy atom. The second kappa shape index (κ2) is 5.48. The zero-order valence-corrected chi connectivity index (χ0v) is 12.1. The first kappa shape index (κ1) is 14.1. The number of nitrogens with one attached hydrogen (secondary N) is 1. The SMILES string of the molecule is CCc1ccc2[nH]c(C(=O)c3ccccc3)c(C(=O)O)c2c1. The Hall–Kier alpha value is -2.88. The van der Waals surface area contributed by atoms with Gasteiger partial charge in [-0.15, -0.1) is 0 Å². The first-order valence-electron chi connectivity index (χ1n) is 7.09. The molecule has 0 fully saturated rings. The van der Waals surface area contributed by atoms with E-state index in [1.807, 2.05) is 31.2 Å². The van der Waals surface area contributed by atoms with Gasteiger partial charge in [0.15, 0.2) is 0 Å². The van der Waals surface area contributed by atoms with Crippen molar-refractivity contribution in [3.8, 4) is 0 Å². The van der Waals surface area contributed by atoms with E-state index < -0.39 is 5.97 Å². The number of carbonyl (C=O) groups is 2. The van der Waals surface area contributed by atoms with Crippen LogP contribution in [0.25, 0.3) is 10.9 Å². The molecular formula is C18H15NO3. The number of hydrogen-bond acceptors (Lipinski definition) is 2. The normalized spacial score (nSPS) is 10.8. The Kier molecular flexibility index (Phi) is 3.51.